The van der Waals surface area contributed by atoms with E-state index in [1.807, 2.05) is 24.3 Å². The number of hydrogen-bond donors (Lipinski definition) is 1. The highest BCUT2D eigenvalue weighted by molar-refractivity contribution is 6.30. The lowest BCUT2D eigenvalue weighted by Gasteiger charge is -2.38. The van der Waals surface area contributed by atoms with E-state index in [4.69, 9.17) is 22.1 Å². The molecule has 1 aromatic carbocycles. The van der Waals surface area contributed by atoms with E-state index in [9.17, 15) is 0 Å². The third-order valence-corrected chi connectivity index (χ3v) is 2.35. The SMILES string of the molecule is NC1(c2cccc(Cl)c2)COC1. The fraction of sp³-hybridized carbons (Fsp3) is 0.333. The van der Waals surface area contributed by atoms with Crippen molar-refractivity contribution in [2.45, 2.75) is 5.54 Å². The maximum Gasteiger partial charge on any atom is 0.0884 e. The molecule has 0 saturated carbocycles. The van der Waals surface area contributed by atoms with Crippen LogP contribution in [0.1, 0.15) is 5.56 Å². The standard InChI is InChI=1S/C9H10ClNO/c10-8-3-1-2-7(4-8)9(11)5-12-6-9/h1-4H,5-6,11H2. The predicted molar refractivity (Wildman–Crippen MR) is 48.1 cm³/mol. The predicted octanol–water partition coefficient (Wildman–Crippen LogP) is 1.52. The third-order valence-electron chi connectivity index (χ3n) is 2.12. The molecule has 12 heavy (non-hydrogen) atoms. The number of halogens is 1. The fourth-order valence-electron chi connectivity index (χ4n) is 1.29. The largest absolute Gasteiger partial charge is 0.377 e. The quantitative estimate of drug-likeness (QED) is 0.717. The molecule has 0 unspecified atom stereocenters. The van der Waals surface area contributed by atoms with Gasteiger partial charge in [-0.2, -0.15) is 0 Å². The first-order valence-corrected chi connectivity index (χ1v) is 4.21. The van der Waals surface area contributed by atoms with Gasteiger partial charge in [0.25, 0.3) is 0 Å². The van der Waals surface area contributed by atoms with Gasteiger partial charge in [0.1, 0.15) is 0 Å². The molecule has 0 aromatic heterocycles. The smallest absolute Gasteiger partial charge is 0.0884 e. The average Bonchev–Trinajstić information content (AvgIpc) is 2.00. The van der Waals surface area contributed by atoms with Crippen molar-refractivity contribution in [1.82, 2.24) is 0 Å². The summed E-state index contributed by atoms with van der Waals surface area (Å²) in [6.45, 7) is 1.18. The summed E-state index contributed by atoms with van der Waals surface area (Å²) in [6, 6.07) is 7.62. The summed E-state index contributed by atoms with van der Waals surface area (Å²) in [5.41, 5.74) is 6.77. The topological polar surface area (TPSA) is 35.2 Å². The molecule has 1 aliphatic heterocycles. The van der Waals surface area contributed by atoms with Crippen LogP contribution in [0.2, 0.25) is 5.02 Å². The number of hydrogen-bond acceptors (Lipinski definition) is 2. The first-order chi connectivity index (χ1) is 5.71. The Hall–Kier alpha value is -0.570. The third kappa shape index (κ3) is 1.22. The molecule has 0 radical (unpaired) electrons. The van der Waals surface area contributed by atoms with Gasteiger partial charge in [0, 0.05) is 5.02 Å². The molecular formula is C9H10ClNO. The first kappa shape index (κ1) is 8.05. The summed E-state index contributed by atoms with van der Waals surface area (Å²) in [5, 5.41) is 0.726. The van der Waals surface area contributed by atoms with Gasteiger partial charge in [-0.25, -0.2) is 0 Å². The molecule has 1 heterocycles. The minimum atomic E-state index is -0.301. The first-order valence-electron chi connectivity index (χ1n) is 3.83. The van der Waals surface area contributed by atoms with E-state index in [0.29, 0.717) is 13.2 Å². The summed E-state index contributed by atoms with van der Waals surface area (Å²) in [7, 11) is 0. The van der Waals surface area contributed by atoms with Gasteiger partial charge in [-0.3, -0.25) is 0 Å². The Morgan fingerprint density at radius 2 is 2.17 bits per heavy atom. The van der Waals surface area contributed by atoms with Gasteiger partial charge in [-0.05, 0) is 17.7 Å². The van der Waals surface area contributed by atoms with E-state index in [2.05, 4.69) is 0 Å². The van der Waals surface area contributed by atoms with Crippen LogP contribution in [-0.2, 0) is 10.3 Å². The second kappa shape index (κ2) is 2.73. The Morgan fingerprint density at radius 3 is 2.67 bits per heavy atom. The molecule has 1 aromatic rings. The summed E-state index contributed by atoms with van der Waals surface area (Å²) in [5.74, 6) is 0. The van der Waals surface area contributed by atoms with Gasteiger partial charge < -0.3 is 10.5 Å². The highest BCUT2D eigenvalue weighted by atomic mass is 35.5. The van der Waals surface area contributed by atoms with Gasteiger partial charge in [-0.1, -0.05) is 23.7 Å². The zero-order valence-electron chi connectivity index (χ0n) is 6.59. The normalized spacial score (nSPS) is 20.2. The monoisotopic (exact) mass is 183 g/mol. The molecule has 1 aliphatic rings. The van der Waals surface area contributed by atoms with E-state index in [1.54, 1.807) is 0 Å². The molecule has 1 fully saturated rings. The summed E-state index contributed by atoms with van der Waals surface area (Å²) in [4.78, 5) is 0. The Labute approximate surface area is 76.3 Å². The average molecular weight is 184 g/mol. The molecule has 0 spiro atoms. The van der Waals surface area contributed by atoms with E-state index >= 15 is 0 Å². The molecule has 0 atom stereocenters. The molecule has 64 valence electrons. The lowest BCUT2D eigenvalue weighted by molar-refractivity contribution is -0.0569. The maximum absolute atomic E-state index is 6.01. The number of benzene rings is 1. The van der Waals surface area contributed by atoms with E-state index < -0.39 is 0 Å². The summed E-state index contributed by atoms with van der Waals surface area (Å²) in [6.07, 6.45) is 0. The maximum atomic E-state index is 6.01. The molecule has 2 N–H and O–H groups in total. The Balaban J connectivity index is 2.33. The van der Waals surface area contributed by atoms with Crippen molar-refractivity contribution in [2.24, 2.45) is 5.73 Å². The van der Waals surface area contributed by atoms with Crippen LogP contribution >= 0.6 is 11.6 Å². The molecule has 2 rings (SSSR count). The zero-order valence-corrected chi connectivity index (χ0v) is 7.34. The van der Waals surface area contributed by atoms with Crippen molar-refractivity contribution in [3.8, 4) is 0 Å². The molecule has 3 heteroatoms. The molecule has 1 saturated heterocycles. The van der Waals surface area contributed by atoms with Gasteiger partial charge in [0.15, 0.2) is 0 Å². The lowest BCUT2D eigenvalue weighted by atomic mass is 9.89. The van der Waals surface area contributed by atoms with Gasteiger partial charge >= 0.3 is 0 Å². The van der Waals surface area contributed by atoms with E-state index in [0.717, 1.165) is 10.6 Å². The number of nitrogens with two attached hydrogens (primary N) is 1. The van der Waals surface area contributed by atoms with Crippen LogP contribution in [0.5, 0.6) is 0 Å². The second-order valence-electron chi connectivity index (χ2n) is 3.16. The second-order valence-corrected chi connectivity index (χ2v) is 3.60. The van der Waals surface area contributed by atoms with Crippen LogP contribution in [0, 0.1) is 0 Å². The van der Waals surface area contributed by atoms with Crippen LogP contribution in [0.25, 0.3) is 0 Å². The fourth-order valence-corrected chi connectivity index (χ4v) is 1.48. The van der Waals surface area contributed by atoms with Crippen LogP contribution in [-0.4, -0.2) is 13.2 Å². The highest BCUT2D eigenvalue weighted by Gasteiger charge is 2.35. The summed E-state index contributed by atoms with van der Waals surface area (Å²) < 4.78 is 5.06. The lowest BCUT2D eigenvalue weighted by Crippen LogP contribution is -2.54. The van der Waals surface area contributed by atoms with Crippen LogP contribution in [0.15, 0.2) is 24.3 Å². The van der Waals surface area contributed by atoms with Gasteiger partial charge in [0.2, 0.25) is 0 Å². The van der Waals surface area contributed by atoms with Crippen molar-refractivity contribution in [3.63, 3.8) is 0 Å². The molecule has 0 aliphatic carbocycles. The van der Waals surface area contributed by atoms with Crippen molar-refractivity contribution < 1.29 is 4.74 Å². The number of ether oxygens (including phenoxy) is 1. The van der Waals surface area contributed by atoms with Crippen LogP contribution in [0.3, 0.4) is 0 Å². The molecule has 2 nitrogen and oxygen atoms in total. The number of rotatable bonds is 1. The van der Waals surface area contributed by atoms with Gasteiger partial charge in [0.05, 0.1) is 18.8 Å². The van der Waals surface area contributed by atoms with E-state index in [1.165, 1.54) is 0 Å². The summed E-state index contributed by atoms with van der Waals surface area (Å²) >= 11 is 5.84. The van der Waals surface area contributed by atoms with E-state index in [-0.39, 0.29) is 5.54 Å². The van der Waals surface area contributed by atoms with Crippen molar-refractivity contribution in [1.29, 1.82) is 0 Å². The zero-order chi connectivity index (χ0) is 8.60. The molecule has 0 bridgehead atoms. The van der Waals surface area contributed by atoms with Crippen molar-refractivity contribution >= 4 is 11.6 Å². The van der Waals surface area contributed by atoms with Gasteiger partial charge in [-0.15, -0.1) is 0 Å². The Morgan fingerprint density at radius 1 is 1.42 bits per heavy atom. The Bertz CT molecular complexity index is 296. The minimum absolute atomic E-state index is 0.301. The Kier molecular flexibility index (Phi) is 1.83. The highest BCUT2D eigenvalue weighted by Crippen LogP contribution is 2.27. The van der Waals surface area contributed by atoms with Crippen molar-refractivity contribution in [3.05, 3.63) is 34.9 Å². The van der Waals surface area contributed by atoms with Crippen LogP contribution in [0.4, 0.5) is 0 Å². The van der Waals surface area contributed by atoms with Crippen molar-refractivity contribution in [2.75, 3.05) is 13.2 Å². The molecular weight excluding hydrogens is 174 g/mol. The molecule has 0 amide bonds. The van der Waals surface area contributed by atoms with Crippen LogP contribution < -0.4 is 5.73 Å². The minimum Gasteiger partial charge on any atom is -0.377 e.